The molecule has 4 heteroatoms. The molecule has 0 unspecified atom stereocenters. The molecule has 2 heterocycles. The van der Waals surface area contributed by atoms with Crippen LogP contribution in [-0.2, 0) is 17.6 Å². The largest absolute Gasteiger partial charge is 0.498 e. The van der Waals surface area contributed by atoms with Gasteiger partial charge >= 0.3 is 0 Å². The summed E-state index contributed by atoms with van der Waals surface area (Å²) in [5.74, 6) is 1.89. The fraction of sp³-hybridized carbons (Fsp3) is 0.462. The fourth-order valence-corrected chi connectivity index (χ4v) is 2.66. The Morgan fingerprint density at radius 3 is 3.18 bits per heavy atom. The fourth-order valence-electron chi connectivity index (χ4n) is 1.90. The molecule has 0 fully saturated rings. The molecule has 17 heavy (non-hydrogen) atoms. The highest BCUT2D eigenvalue weighted by atomic mass is 127. The number of fused-ring (bicyclic) bond motifs is 1. The highest BCUT2D eigenvalue weighted by Crippen LogP contribution is 2.27. The topological polar surface area (TPSA) is 25.4 Å². The van der Waals surface area contributed by atoms with E-state index < -0.39 is 0 Å². The average molecular weight is 344 g/mol. The molecule has 3 nitrogen and oxygen atoms in total. The van der Waals surface area contributed by atoms with Crippen molar-refractivity contribution in [3.8, 4) is 0 Å². The van der Waals surface area contributed by atoms with Crippen LogP contribution in [-0.4, -0.2) is 18.1 Å². The molecule has 1 aliphatic heterocycles. The van der Waals surface area contributed by atoms with Crippen LogP contribution >= 0.6 is 22.9 Å². The van der Waals surface area contributed by atoms with Crippen molar-refractivity contribution >= 4 is 28.7 Å². The van der Waals surface area contributed by atoms with Crippen LogP contribution in [0.3, 0.4) is 0 Å². The van der Waals surface area contributed by atoms with E-state index in [0.29, 0.717) is 6.61 Å². The second kappa shape index (κ2) is 5.71. The van der Waals surface area contributed by atoms with Crippen molar-refractivity contribution in [2.75, 3.05) is 16.3 Å². The molecule has 0 aromatic carbocycles. The molecule has 0 spiro atoms. The lowest BCUT2D eigenvalue weighted by molar-refractivity contribution is 0.218. The second-order valence-corrected chi connectivity index (χ2v) is 5.44. The number of halogens is 1. The molecular formula is C13H17IN2O. The number of nitrogens with zero attached hydrogens (tertiary/aromatic N) is 2. The summed E-state index contributed by atoms with van der Waals surface area (Å²) in [5.41, 5.74) is 2.45. The number of pyridine rings is 1. The van der Waals surface area contributed by atoms with Crippen molar-refractivity contribution in [3.63, 3.8) is 0 Å². The molecule has 1 aromatic heterocycles. The van der Waals surface area contributed by atoms with Crippen LogP contribution in [0.25, 0.3) is 0 Å². The van der Waals surface area contributed by atoms with Gasteiger partial charge in [0.15, 0.2) is 0 Å². The molecule has 0 bridgehead atoms. The SMILES string of the molecule is C=C(C)OCCc1ccc2c(n1)N(I)CCC2. The minimum absolute atomic E-state index is 0.655. The van der Waals surface area contributed by atoms with E-state index in [4.69, 9.17) is 9.72 Å². The lowest BCUT2D eigenvalue weighted by Gasteiger charge is -2.24. The van der Waals surface area contributed by atoms with E-state index in [1.165, 1.54) is 12.0 Å². The highest BCUT2D eigenvalue weighted by Gasteiger charge is 2.16. The van der Waals surface area contributed by atoms with Crippen LogP contribution in [0.1, 0.15) is 24.6 Å². The summed E-state index contributed by atoms with van der Waals surface area (Å²) >= 11 is 2.34. The zero-order valence-electron chi connectivity index (χ0n) is 10.1. The predicted octanol–water partition coefficient (Wildman–Crippen LogP) is 3.28. The summed E-state index contributed by atoms with van der Waals surface area (Å²) < 4.78 is 7.57. The lowest BCUT2D eigenvalue weighted by Crippen LogP contribution is -2.20. The Morgan fingerprint density at radius 2 is 2.41 bits per heavy atom. The maximum atomic E-state index is 5.37. The molecule has 0 amide bonds. The summed E-state index contributed by atoms with van der Waals surface area (Å²) in [4.78, 5) is 4.70. The molecule has 0 aliphatic carbocycles. The quantitative estimate of drug-likeness (QED) is 0.476. The Labute approximate surface area is 116 Å². The van der Waals surface area contributed by atoms with E-state index in [9.17, 15) is 0 Å². The second-order valence-electron chi connectivity index (χ2n) is 4.28. The van der Waals surface area contributed by atoms with E-state index >= 15 is 0 Å². The zero-order chi connectivity index (χ0) is 12.3. The Bertz CT molecular complexity index is 420. The van der Waals surface area contributed by atoms with Crippen LogP contribution in [0.5, 0.6) is 0 Å². The standard InChI is InChI=1S/C13H17IN2O/c1-10(2)17-9-7-12-6-5-11-4-3-8-16(14)13(11)15-12/h5-6H,1,3-4,7-9H2,2H3. The van der Waals surface area contributed by atoms with Gasteiger partial charge in [0.2, 0.25) is 0 Å². The summed E-state index contributed by atoms with van der Waals surface area (Å²) in [6.45, 7) is 7.33. The first-order valence-corrected chi connectivity index (χ1v) is 6.84. The molecule has 0 N–H and O–H groups in total. The van der Waals surface area contributed by atoms with Gasteiger partial charge in [0.05, 0.1) is 35.2 Å². The Kier molecular flexibility index (Phi) is 4.25. The molecule has 92 valence electrons. The molecular weight excluding hydrogens is 327 g/mol. The molecule has 0 atom stereocenters. The van der Waals surface area contributed by atoms with Crippen LogP contribution in [0.15, 0.2) is 24.5 Å². The van der Waals surface area contributed by atoms with Crippen molar-refractivity contribution in [2.45, 2.75) is 26.2 Å². The minimum Gasteiger partial charge on any atom is -0.498 e. The van der Waals surface area contributed by atoms with Crippen LogP contribution in [0.4, 0.5) is 5.82 Å². The minimum atomic E-state index is 0.655. The van der Waals surface area contributed by atoms with Crippen molar-refractivity contribution in [2.24, 2.45) is 0 Å². The molecule has 0 saturated carbocycles. The van der Waals surface area contributed by atoms with Crippen molar-refractivity contribution in [1.29, 1.82) is 0 Å². The summed E-state index contributed by atoms with van der Waals surface area (Å²) in [7, 11) is 0. The van der Waals surface area contributed by atoms with Gasteiger partial charge in [0.1, 0.15) is 5.82 Å². The molecule has 1 aliphatic rings. The molecule has 2 rings (SSSR count). The average Bonchev–Trinajstić information content (AvgIpc) is 2.30. The summed E-state index contributed by atoms with van der Waals surface area (Å²) in [6, 6.07) is 4.31. The third-order valence-electron chi connectivity index (χ3n) is 2.75. The predicted molar refractivity (Wildman–Crippen MR) is 78.4 cm³/mol. The molecule has 1 aromatic rings. The van der Waals surface area contributed by atoms with E-state index in [-0.39, 0.29) is 0 Å². The third-order valence-corrected chi connectivity index (χ3v) is 3.69. The number of hydrogen-bond acceptors (Lipinski definition) is 3. The molecule has 0 radical (unpaired) electrons. The Morgan fingerprint density at radius 1 is 1.59 bits per heavy atom. The summed E-state index contributed by atoms with van der Waals surface area (Å²) in [6.07, 6.45) is 3.20. The number of rotatable bonds is 4. The van der Waals surface area contributed by atoms with Crippen LogP contribution < -0.4 is 3.11 Å². The van der Waals surface area contributed by atoms with Gasteiger partial charge in [-0.1, -0.05) is 12.6 Å². The van der Waals surface area contributed by atoms with Gasteiger partial charge in [-0.05, 0) is 31.4 Å². The number of aromatic nitrogens is 1. The van der Waals surface area contributed by atoms with E-state index in [2.05, 4.69) is 44.7 Å². The van der Waals surface area contributed by atoms with Crippen molar-refractivity contribution in [1.82, 2.24) is 4.98 Å². The zero-order valence-corrected chi connectivity index (χ0v) is 12.2. The van der Waals surface area contributed by atoms with Crippen LogP contribution in [0.2, 0.25) is 0 Å². The first-order valence-electron chi connectivity index (χ1n) is 5.87. The van der Waals surface area contributed by atoms with E-state index in [1.807, 2.05) is 6.92 Å². The van der Waals surface area contributed by atoms with Gasteiger partial charge in [-0.2, -0.15) is 0 Å². The van der Waals surface area contributed by atoms with Gasteiger partial charge in [-0.25, -0.2) is 4.98 Å². The van der Waals surface area contributed by atoms with Gasteiger partial charge in [0.25, 0.3) is 0 Å². The normalized spacial score (nSPS) is 14.4. The lowest BCUT2D eigenvalue weighted by atomic mass is 10.1. The summed E-state index contributed by atoms with van der Waals surface area (Å²) in [5, 5.41) is 0. The number of anilines is 1. The van der Waals surface area contributed by atoms with Gasteiger partial charge < -0.3 is 4.74 Å². The highest BCUT2D eigenvalue weighted by molar-refractivity contribution is 14.1. The van der Waals surface area contributed by atoms with E-state index in [0.717, 1.165) is 36.7 Å². The van der Waals surface area contributed by atoms with Gasteiger partial charge in [-0.3, -0.25) is 3.11 Å². The van der Waals surface area contributed by atoms with Gasteiger partial charge in [0, 0.05) is 18.7 Å². The number of hydrogen-bond donors (Lipinski definition) is 0. The maximum absolute atomic E-state index is 5.37. The Hall–Kier alpha value is -0.780. The first kappa shape index (κ1) is 12.7. The number of aryl methyl sites for hydroxylation is 1. The number of allylic oxidation sites excluding steroid dienone is 1. The Balaban J connectivity index is 2.04. The smallest absolute Gasteiger partial charge is 0.140 e. The first-order chi connectivity index (χ1) is 8.16. The number of ether oxygens (including phenoxy) is 1. The molecule has 0 saturated heterocycles. The third kappa shape index (κ3) is 3.34. The van der Waals surface area contributed by atoms with Crippen LogP contribution in [0, 0.1) is 0 Å². The maximum Gasteiger partial charge on any atom is 0.140 e. The van der Waals surface area contributed by atoms with Crippen molar-refractivity contribution < 1.29 is 4.74 Å². The van der Waals surface area contributed by atoms with E-state index in [1.54, 1.807) is 0 Å². The van der Waals surface area contributed by atoms with Gasteiger partial charge in [-0.15, -0.1) is 0 Å². The monoisotopic (exact) mass is 344 g/mol. The van der Waals surface area contributed by atoms with Crippen molar-refractivity contribution in [3.05, 3.63) is 35.7 Å².